The Kier molecular flexibility index (Phi) is 10.2. The van der Waals surface area contributed by atoms with E-state index in [0.29, 0.717) is 5.76 Å². The Hall–Kier alpha value is -3.66. The van der Waals surface area contributed by atoms with Crippen molar-refractivity contribution in [2.24, 2.45) is 5.41 Å². The minimum atomic E-state index is -1.22. The van der Waals surface area contributed by atoms with Crippen molar-refractivity contribution in [3.05, 3.63) is 54.0 Å². The van der Waals surface area contributed by atoms with Crippen LogP contribution in [0.4, 0.5) is 5.69 Å². The summed E-state index contributed by atoms with van der Waals surface area (Å²) in [5.74, 6) is -2.67. The maximum atomic E-state index is 13.4. The number of benzene rings is 1. The molecule has 2 heterocycles. The fourth-order valence-corrected chi connectivity index (χ4v) is 6.32. The Bertz CT molecular complexity index is 1160. The molecule has 4 rings (SSSR count). The number of amides is 2. The van der Waals surface area contributed by atoms with Crippen molar-refractivity contribution in [1.82, 2.24) is 9.80 Å². The number of nitrogens with zero attached hydrogens (tertiary/aromatic N) is 3. The summed E-state index contributed by atoms with van der Waals surface area (Å²) in [6.45, 7) is 3.23. The number of likely N-dealkylation sites (tertiary alicyclic amines) is 1. The van der Waals surface area contributed by atoms with Gasteiger partial charge in [-0.1, -0.05) is 37.0 Å². The lowest BCUT2D eigenvalue weighted by molar-refractivity contribution is -0.150. The number of hydrogen-bond donors (Lipinski definition) is 2. The molecule has 0 radical (unpaired) electrons. The van der Waals surface area contributed by atoms with Gasteiger partial charge in [-0.25, -0.2) is 0 Å². The van der Waals surface area contributed by atoms with Crippen molar-refractivity contribution in [1.29, 1.82) is 0 Å². The first-order chi connectivity index (χ1) is 19.7. The van der Waals surface area contributed by atoms with E-state index in [1.54, 1.807) is 12.1 Å². The average molecular weight is 568 g/mol. The average Bonchev–Trinajstić information content (AvgIpc) is 3.49. The first kappa shape index (κ1) is 30.3. The van der Waals surface area contributed by atoms with Crippen LogP contribution in [0.1, 0.15) is 73.9 Å². The Balaban J connectivity index is 1.39. The smallest absolute Gasteiger partial charge is 0.323 e. The van der Waals surface area contributed by atoms with E-state index in [2.05, 4.69) is 4.90 Å². The van der Waals surface area contributed by atoms with Crippen LogP contribution in [0.2, 0.25) is 0 Å². The number of hydrogen-bond acceptors (Lipinski definition) is 6. The lowest BCUT2D eigenvalue weighted by Gasteiger charge is -2.42. The largest absolute Gasteiger partial charge is 0.480 e. The number of carboxylic acids is 2. The zero-order valence-electron chi connectivity index (χ0n) is 23.8. The molecule has 0 atom stereocenters. The standard InChI is InChI=1S/C31H41N3O7/c1-23-7-9-24(10-8-23)34(30(40)26-6-5-19-41-26)25-11-16-32(17-12-25)18-15-31(13-3-2-4-14-31)20-27(35)33(21-28(36)37)22-29(38)39/h5-10,19,25H,2-4,11-18,20-22H2,1H3,(H,36,37)(H,38,39). The maximum Gasteiger partial charge on any atom is 0.323 e. The highest BCUT2D eigenvalue weighted by atomic mass is 16.4. The zero-order valence-corrected chi connectivity index (χ0v) is 23.8. The molecule has 2 aromatic rings. The Morgan fingerprint density at radius 2 is 1.59 bits per heavy atom. The number of carboxylic acid groups (broad SMARTS) is 2. The third-order valence-corrected chi connectivity index (χ3v) is 8.59. The van der Waals surface area contributed by atoms with Gasteiger partial charge in [0.25, 0.3) is 5.91 Å². The van der Waals surface area contributed by atoms with Crippen molar-refractivity contribution in [3.8, 4) is 0 Å². The van der Waals surface area contributed by atoms with E-state index in [1.165, 1.54) is 6.26 Å². The lowest BCUT2D eigenvalue weighted by Crippen LogP contribution is -2.48. The van der Waals surface area contributed by atoms with Gasteiger partial charge in [-0.2, -0.15) is 0 Å². The third kappa shape index (κ3) is 8.19. The van der Waals surface area contributed by atoms with Crippen molar-refractivity contribution in [3.63, 3.8) is 0 Å². The van der Waals surface area contributed by atoms with E-state index in [9.17, 15) is 29.4 Å². The van der Waals surface area contributed by atoms with Crippen molar-refractivity contribution < 1.29 is 33.8 Å². The predicted octanol–water partition coefficient (Wildman–Crippen LogP) is 4.43. The molecule has 2 fully saturated rings. The summed E-state index contributed by atoms with van der Waals surface area (Å²) in [5.41, 5.74) is 1.71. The van der Waals surface area contributed by atoms with E-state index < -0.39 is 30.9 Å². The summed E-state index contributed by atoms with van der Waals surface area (Å²) in [4.78, 5) is 54.3. The number of furan rings is 1. The van der Waals surface area contributed by atoms with Crippen LogP contribution in [-0.4, -0.2) is 82.5 Å². The topological polar surface area (TPSA) is 132 Å². The Morgan fingerprint density at radius 3 is 2.15 bits per heavy atom. The van der Waals surface area contributed by atoms with Gasteiger partial charge in [0.2, 0.25) is 5.91 Å². The van der Waals surface area contributed by atoms with E-state index >= 15 is 0 Å². The highest BCUT2D eigenvalue weighted by Crippen LogP contribution is 2.43. The number of carbonyl (C=O) groups is 4. The summed E-state index contributed by atoms with van der Waals surface area (Å²) < 4.78 is 5.44. The van der Waals surface area contributed by atoms with Gasteiger partial charge in [0, 0.05) is 31.2 Å². The molecule has 2 amide bonds. The maximum absolute atomic E-state index is 13.4. The fourth-order valence-electron chi connectivity index (χ4n) is 6.32. The van der Waals surface area contributed by atoms with Crippen LogP contribution in [-0.2, 0) is 14.4 Å². The molecule has 1 aromatic heterocycles. The van der Waals surface area contributed by atoms with Gasteiger partial charge in [-0.3, -0.25) is 19.2 Å². The summed E-state index contributed by atoms with van der Waals surface area (Å²) in [7, 11) is 0. The fraction of sp³-hybridized carbons (Fsp3) is 0.548. The summed E-state index contributed by atoms with van der Waals surface area (Å²) in [5, 5.41) is 18.4. The number of aryl methyl sites for hydroxylation is 1. The second kappa shape index (κ2) is 13.8. The SMILES string of the molecule is Cc1ccc(N(C(=O)c2ccco2)C2CCN(CCC3(CC(=O)N(CC(=O)O)CC(=O)O)CCCCC3)CC2)cc1. The van der Waals surface area contributed by atoms with Crippen LogP contribution < -0.4 is 4.90 Å². The molecule has 1 saturated heterocycles. The molecule has 2 N–H and O–H groups in total. The minimum absolute atomic E-state index is 0.0253. The van der Waals surface area contributed by atoms with Crippen LogP contribution in [0.5, 0.6) is 0 Å². The van der Waals surface area contributed by atoms with Crippen LogP contribution >= 0.6 is 0 Å². The molecular weight excluding hydrogens is 526 g/mol. The van der Waals surface area contributed by atoms with Gasteiger partial charge in [-0.15, -0.1) is 0 Å². The van der Waals surface area contributed by atoms with E-state index in [1.807, 2.05) is 36.1 Å². The molecule has 0 spiro atoms. The Labute approximate surface area is 240 Å². The first-order valence-corrected chi connectivity index (χ1v) is 14.5. The van der Waals surface area contributed by atoms with Crippen LogP contribution in [0, 0.1) is 12.3 Å². The monoisotopic (exact) mass is 567 g/mol. The minimum Gasteiger partial charge on any atom is -0.480 e. The summed E-state index contributed by atoms with van der Waals surface area (Å²) >= 11 is 0. The number of carbonyl (C=O) groups excluding carboxylic acids is 2. The predicted molar refractivity (Wildman–Crippen MR) is 153 cm³/mol. The highest BCUT2D eigenvalue weighted by molar-refractivity contribution is 6.04. The van der Waals surface area contributed by atoms with Crippen molar-refractivity contribution in [2.45, 2.75) is 70.8 Å². The number of rotatable bonds is 12. The number of piperidine rings is 1. The van der Waals surface area contributed by atoms with Gasteiger partial charge in [0.1, 0.15) is 13.1 Å². The molecule has 41 heavy (non-hydrogen) atoms. The molecule has 1 saturated carbocycles. The van der Waals surface area contributed by atoms with Gasteiger partial charge in [0.15, 0.2) is 5.76 Å². The molecule has 2 aliphatic rings. The molecule has 1 aliphatic carbocycles. The first-order valence-electron chi connectivity index (χ1n) is 14.5. The van der Waals surface area contributed by atoms with Gasteiger partial charge >= 0.3 is 11.9 Å². The van der Waals surface area contributed by atoms with E-state index in [4.69, 9.17) is 4.42 Å². The van der Waals surface area contributed by atoms with E-state index in [0.717, 1.165) is 87.2 Å². The third-order valence-electron chi connectivity index (χ3n) is 8.59. The van der Waals surface area contributed by atoms with Crippen LogP contribution in [0.3, 0.4) is 0 Å². The van der Waals surface area contributed by atoms with Crippen LogP contribution in [0.15, 0.2) is 47.1 Å². The highest BCUT2D eigenvalue weighted by Gasteiger charge is 2.37. The molecule has 1 aliphatic heterocycles. The molecule has 10 heteroatoms. The molecule has 0 unspecified atom stereocenters. The zero-order chi connectivity index (χ0) is 29.4. The Morgan fingerprint density at radius 1 is 0.951 bits per heavy atom. The normalized spacial score (nSPS) is 17.6. The summed E-state index contributed by atoms with van der Waals surface area (Å²) in [6, 6.07) is 11.4. The molecule has 1 aromatic carbocycles. The molecule has 222 valence electrons. The van der Waals surface area contributed by atoms with Gasteiger partial charge < -0.3 is 29.3 Å². The van der Waals surface area contributed by atoms with Gasteiger partial charge in [-0.05, 0) is 75.3 Å². The molecule has 0 bridgehead atoms. The second-order valence-corrected chi connectivity index (χ2v) is 11.6. The summed E-state index contributed by atoms with van der Waals surface area (Å²) in [6.07, 6.45) is 8.96. The van der Waals surface area contributed by atoms with Crippen molar-refractivity contribution >= 4 is 29.4 Å². The number of aliphatic carboxylic acids is 2. The van der Waals surface area contributed by atoms with Gasteiger partial charge in [0.05, 0.1) is 6.26 Å². The van der Waals surface area contributed by atoms with E-state index in [-0.39, 0.29) is 23.8 Å². The quantitative estimate of drug-likeness (QED) is 0.385. The van der Waals surface area contributed by atoms with Crippen molar-refractivity contribution in [2.75, 3.05) is 37.6 Å². The molecular formula is C31H41N3O7. The molecule has 10 nitrogen and oxygen atoms in total. The lowest BCUT2D eigenvalue weighted by atomic mass is 9.69. The second-order valence-electron chi connectivity index (χ2n) is 11.6. The van der Waals surface area contributed by atoms with Crippen LogP contribution in [0.25, 0.3) is 0 Å². The number of anilines is 1.